The van der Waals surface area contributed by atoms with Crippen molar-refractivity contribution >= 4 is 0 Å². The molecule has 0 aromatic rings. The second-order valence-corrected chi connectivity index (χ2v) is 4.59. The Hall–Kier alpha value is -0.580. The molecular weight excluding hydrogens is 192 g/mol. The minimum atomic E-state index is -0.354. The predicted octanol–water partition coefficient (Wildman–Crippen LogP) is -0.103. The van der Waals surface area contributed by atoms with Gasteiger partial charge in [0.2, 0.25) is 0 Å². The fourth-order valence-electron chi connectivity index (χ4n) is 2.37. The van der Waals surface area contributed by atoms with Gasteiger partial charge in [0.05, 0.1) is 24.9 Å². The summed E-state index contributed by atoms with van der Waals surface area (Å²) in [6, 6.07) is 0. The normalized spacial score (nSPS) is 38.3. The number of nitrogens with zero attached hydrogens (tertiary/aromatic N) is 2. The first-order valence-corrected chi connectivity index (χ1v) is 5.54. The second-order valence-electron chi connectivity index (χ2n) is 4.59. The van der Waals surface area contributed by atoms with Crippen LogP contribution in [0.4, 0.5) is 0 Å². The Kier molecular flexibility index (Phi) is 3.00. The molecule has 2 rings (SSSR count). The minimum absolute atomic E-state index is 0.187. The van der Waals surface area contributed by atoms with Crippen LogP contribution in [0.2, 0.25) is 0 Å². The van der Waals surface area contributed by atoms with E-state index in [2.05, 4.69) is 23.3 Å². The molecule has 2 atom stereocenters. The van der Waals surface area contributed by atoms with Crippen LogP contribution in [0.5, 0.6) is 0 Å². The van der Waals surface area contributed by atoms with Gasteiger partial charge in [-0.2, -0.15) is 0 Å². The van der Waals surface area contributed by atoms with Crippen LogP contribution in [0.3, 0.4) is 0 Å². The van der Waals surface area contributed by atoms with E-state index >= 15 is 0 Å². The summed E-state index contributed by atoms with van der Waals surface area (Å²) in [5.74, 6) is 0. The van der Waals surface area contributed by atoms with E-state index in [0.717, 1.165) is 26.2 Å². The maximum Gasteiger partial charge on any atom is 0.0976 e. The van der Waals surface area contributed by atoms with Crippen LogP contribution in [0.25, 0.3) is 0 Å². The quantitative estimate of drug-likeness (QED) is 0.693. The summed E-state index contributed by atoms with van der Waals surface area (Å²) in [6.45, 7) is 10.9. The van der Waals surface area contributed by atoms with Crippen molar-refractivity contribution in [3.63, 3.8) is 0 Å². The molecule has 2 aliphatic heterocycles. The third kappa shape index (κ3) is 1.89. The number of hydrogen-bond acceptors (Lipinski definition) is 4. The highest BCUT2D eigenvalue weighted by atomic mass is 16.5. The topological polar surface area (TPSA) is 35.9 Å². The molecular formula is C11H20N2O2. The van der Waals surface area contributed by atoms with E-state index in [1.165, 1.54) is 0 Å². The third-order valence-corrected chi connectivity index (χ3v) is 3.68. The SMILES string of the molecule is C=CN1CCN(C2(C)COCC2O)CC1. The fraction of sp³-hybridized carbons (Fsp3) is 0.818. The summed E-state index contributed by atoms with van der Waals surface area (Å²) in [7, 11) is 0. The van der Waals surface area contributed by atoms with Crippen molar-refractivity contribution in [2.24, 2.45) is 0 Å². The molecule has 2 aliphatic rings. The Morgan fingerprint density at radius 2 is 2.07 bits per heavy atom. The summed E-state index contributed by atoms with van der Waals surface area (Å²) in [5, 5.41) is 9.92. The summed E-state index contributed by atoms with van der Waals surface area (Å²) in [5.41, 5.74) is -0.187. The maximum absolute atomic E-state index is 9.92. The molecule has 0 aromatic carbocycles. The van der Waals surface area contributed by atoms with Gasteiger partial charge < -0.3 is 14.7 Å². The van der Waals surface area contributed by atoms with Crippen LogP contribution in [0.1, 0.15) is 6.92 Å². The molecule has 0 saturated carbocycles. The fourth-order valence-corrected chi connectivity index (χ4v) is 2.37. The highest BCUT2D eigenvalue weighted by Crippen LogP contribution is 2.27. The number of hydrogen-bond donors (Lipinski definition) is 1. The Morgan fingerprint density at radius 1 is 1.40 bits per heavy atom. The van der Waals surface area contributed by atoms with E-state index < -0.39 is 0 Å². The third-order valence-electron chi connectivity index (χ3n) is 3.68. The Balaban J connectivity index is 1.97. The van der Waals surface area contributed by atoms with Crippen LogP contribution in [-0.4, -0.2) is 65.9 Å². The van der Waals surface area contributed by atoms with Gasteiger partial charge >= 0.3 is 0 Å². The van der Waals surface area contributed by atoms with Gasteiger partial charge in [-0.05, 0) is 13.1 Å². The minimum Gasteiger partial charge on any atom is -0.389 e. The number of ether oxygens (including phenoxy) is 1. The van der Waals surface area contributed by atoms with E-state index in [-0.39, 0.29) is 11.6 Å². The van der Waals surface area contributed by atoms with Crippen molar-refractivity contribution in [3.05, 3.63) is 12.8 Å². The number of rotatable bonds is 2. The monoisotopic (exact) mass is 212 g/mol. The highest BCUT2D eigenvalue weighted by Gasteiger charge is 2.44. The van der Waals surface area contributed by atoms with Crippen LogP contribution < -0.4 is 0 Å². The lowest BCUT2D eigenvalue weighted by Crippen LogP contribution is -2.59. The Bertz CT molecular complexity index is 239. The zero-order chi connectivity index (χ0) is 10.9. The van der Waals surface area contributed by atoms with E-state index in [0.29, 0.717) is 13.2 Å². The number of aliphatic hydroxyl groups is 1. The van der Waals surface area contributed by atoms with Gasteiger partial charge in [-0.25, -0.2) is 0 Å². The van der Waals surface area contributed by atoms with Crippen LogP contribution >= 0.6 is 0 Å². The standard InChI is InChI=1S/C11H20N2O2/c1-3-12-4-6-13(7-5-12)11(2)9-15-8-10(11)14/h3,10,14H,1,4-9H2,2H3. The molecule has 86 valence electrons. The molecule has 0 bridgehead atoms. The van der Waals surface area contributed by atoms with Crippen molar-refractivity contribution < 1.29 is 9.84 Å². The average molecular weight is 212 g/mol. The molecule has 4 heteroatoms. The zero-order valence-corrected chi connectivity index (χ0v) is 9.35. The first-order valence-electron chi connectivity index (χ1n) is 5.54. The Labute approximate surface area is 91.1 Å². The summed E-state index contributed by atoms with van der Waals surface area (Å²) >= 11 is 0. The van der Waals surface area contributed by atoms with Crippen LogP contribution in [-0.2, 0) is 4.74 Å². The molecule has 2 heterocycles. The van der Waals surface area contributed by atoms with E-state index in [1.807, 2.05) is 6.20 Å². The first kappa shape index (κ1) is 10.9. The van der Waals surface area contributed by atoms with E-state index in [1.54, 1.807) is 0 Å². The maximum atomic E-state index is 9.92. The molecule has 0 aromatic heterocycles. The average Bonchev–Trinajstić information content (AvgIpc) is 2.61. The van der Waals surface area contributed by atoms with Gasteiger partial charge in [-0.1, -0.05) is 6.58 Å². The molecule has 0 radical (unpaired) electrons. The molecule has 15 heavy (non-hydrogen) atoms. The largest absolute Gasteiger partial charge is 0.389 e. The number of piperazine rings is 1. The van der Waals surface area contributed by atoms with E-state index in [4.69, 9.17) is 4.74 Å². The molecule has 2 fully saturated rings. The molecule has 0 aliphatic carbocycles. The number of aliphatic hydroxyl groups excluding tert-OH is 1. The molecule has 0 amide bonds. The smallest absolute Gasteiger partial charge is 0.0976 e. The molecule has 2 unspecified atom stereocenters. The summed E-state index contributed by atoms with van der Waals surface area (Å²) < 4.78 is 5.35. The van der Waals surface area contributed by atoms with Gasteiger partial charge in [0.25, 0.3) is 0 Å². The van der Waals surface area contributed by atoms with Gasteiger partial charge in [0.1, 0.15) is 0 Å². The van der Waals surface area contributed by atoms with E-state index in [9.17, 15) is 5.11 Å². The zero-order valence-electron chi connectivity index (χ0n) is 9.35. The molecule has 4 nitrogen and oxygen atoms in total. The van der Waals surface area contributed by atoms with Gasteiger partial charge in [-0.15, -0.1) is 0 Å². The summed E-state index contributed by atoms with van der Waals surface area (Å²) in [6.07, 6.45) is 1.54. The second kappa shape index (κ2) is 4.12. The van der Waals surface area contributed by atoms with Crippen LogP contribution in [0.15, 0.2) is 12.8 Å². The lowest BCUT2D eigenvalue weighted by Gasteiger charge is -2.44. The van der Waals surface area contributed by atoms with Gasteiger partial charge in [0.15, 0.2) is 0 Å². The van der Waals surface area contributed by atoms with Gasteiger partial charge in [0, 0.05) is 26.2 Å². The van der Waals surface area contributed by atoms with Crippen LogP contribution in [0, 0.1) is 0 Å². The highest BCUT2D eigenvalue weighted by molar-refractivity contribution is 4.99. The molecule has 2 saturated heterocycles. The summed E-state index contributed by atoms with van der Waals surface area (Å²) in [4.78, 5) is 4.55. The molecule has 0 spiro atoms. The van der Waals surface area contributed by atoms with Crippen molar-refractivity contribution in [1.29, 1.82) is 0 Å². The lowest BCUT2D eigenvalue weighted by atomic mass is 9.95. The van der Waals surface area contributed by atoms with Gasteiger partial charge in [-0.3, -0.25) is 4.90 Å². The van der Waals surface area contributed by atoms with Crippen molar-refractivity contribution in [2.45, 2.75) is 18.6 Å². The lowest BCUT2D eigenvalue weighted by molar-refractivity contribution is -0.00919. The molecule has 1 N–H and O–H groups in total. The predicted molar refractivity (Wildman–Crippen MR) is 58.6 cm³/mol. The van der Waals surface area contributed by atoms with Crippen molar-refractivity contribution in [3.8, 4) is 0 Å². The van der Waals surface area contributed by atoms with Crippen molar-refractivity contribution in [1.82, 2.24) is 9.80 Å². The Morgan fingerprint density at radius 3 is 2.53 bits per heavy atom. The van der Waals surface area contributed by atoms with Crippen molar-refractivity contribution in [2.75, 3.05) is 39.4 Å². The first-order chi connectivity index (χ1) is 7.16.